The van der Waals surface area contributed by atoms with Crippen LogP contribution < -0.4 is 5.73 Å². The molecular formula is C18H21N3. The topological polar surface area (TPSA) is 54.7 Å². The Balaban J connectivity index is 1.91. The molecule has 108 valence electrons. The maximum Gasteiger partial charge on any atom is 0.138 e. The molecule has 1 aliphatic carbocycles. The van der Waals surface area contributed by atoms with Crippen molar-refractivity contribution in [2.45, 2.75) is 37.5 Å². The van der Waals surface area contributed by atoms with Crippen molar-refractivity contribution in [1.82, 2.24) is 9.97 Å². The first-order valence-electron chi connectivity index (χ1n) is 7.89. The monoisotopic (exact) mass is 279 g/mol. The van der Waals surface area contributed by atoms with Crippen LogP contribution in [0.15, 0.2) is 36.5 Å². The van der Waals surface area contributed by atoms with E-state index in [0.717, 1.165) is 17.7 Å². The molecule has 2 aromatic heterocycles. The summed E-state index contributed by atoms with van der Waals surface area (Å²) >= 11 is 0. The molecule has 4 rings (SSSR count). The van der Waals surface area contributed by atoms with Gasteiger partial charge in [-0.25, -0.2) is 4.98 Å². The summed E-state index contributed by atoms with van der Waals surface area (Å²) < 4.78 is 0. The van der Waals surface area contributed by atoms with E-state index in [1.165, 1.54) is 48.4 Å². The van der Waals surface area contributed by atoms with Crippen LogP contribution >= 0.6 is 0 Å². The summed E-state index contributed by atoms with van der Waals surface area (Å²) in [5.41, 5.74) is 9.90. The Hall–Kier alpha value is -1.87. The van der Waals surface area contributed by atoms with Crippen molar-refractivity contribution in [2.24, 2.45) is 5.73 Å². The van der Waals surface area contributed by atoms with Crippen molar-refractivity contribution in [2.75, 3.05) is 6.54 Å². The average Bonchev–Trinajstić information content (AvgIpc) is 2.93. The van der Waals surface area contributed by atoms with E-state index in [-0.39, 0.29) is 5.41 Å². The van der Waals surface area contributed by atoms with Crippen molar-refractivity contribution < 1.29 is 0 Å². The predicted octanol–water partition coefficient (Wildman–Crippen LogP) is 3.88. The van der Waals surface area contributed by atoms with Gasteiger partial charge in [0.15, 0.2) is 0 Å². The summed E-state index contributed by atoms with van der Waals surface area (Å²) in [6.45, 7) is 0.749. The highest BCUT2D eigenvalue weighted by molar-refractivity contribution is 6.06. The Morgan fingerprint density at radius 1 is 1.10 bits per heavy atom. The van der Waals surface area contributed by atoms with Gasteiger partial charge in [0.25, 0.3) is 0 Å². The van der Waals surface area contributed by atoms with Crippen LogP contribution in [0.3, 0.4) is 0 Å². The lowest BCUT2D eigenvalue weighted by Crippen LogP contribution is -2.37. The molecule has 1 aliphatic rings. The molecule has 0 spiro atoms. The first-order chi connectivity index (χ1) is 10.3. The van der Waals surface area contributed by atoms with E-state index in [4.69, 9.17) is 5.73 Å². The lowest BCUT2D eigenvalue weighted by Gasteiger charge is -2.37. The summed E-state index contributed by atoms with van der Waals surface area (Å²) in [5.74, 6) is 0. The molecule has 1 fully saturated rings. The van der Waals surface area contributed by atoms with E-state index in [0.29, 0.717) is 0 Å². The summed E-state index contributed by atoms with van der Waals surface area (Å²) in [6.07, 6.45) is 8.21. The van der Waals surface area contributed by atoms with Crippen LogP contribution in [-0.4, -0.2) is 16.5 Å². The number of nitrogens with two attached hydrogens (primary N) is 1. The predicted molar refractivity (Wildman–Crippen MR) is 87.4 cm³/mol. The van der Waals surface area contributed by atoms with E-state index in [1.807, 2.05) is 12.3 Å². The molecule has 0 amide bonds. The van der Waals surface area contributed by atoms with E-state index >= 15 is 0 Å². The maximum atomic E-state index is 6.18. The molecule has 0 radical (unpaired) electrons. The average molecular weight is 279 g/mol. The quantitative estimate of drug-likeness (QED) is 0.748. The van der Waals surface area contributed by atoms with Gasteiger partial charge in [-0.15, -0.1) is 0 Å². The third-order valence-corrected chi connectivity index (χ3v) is 5.18. The summed E-state index contributed by atoms with van der Waals surface area (Å²) in [5, 5.41) is 2.48. The zero-order chi connectivity index (χ0) is 14.3. The SMILES string of the molecule is NCC1(c2ccc3[nH]c4ncccc4c3c2)CCCCC1. The van der Waals surface area contributed by atoms with Crippen LogP contribution in [0.5, 0.6) is 0 Å². The fourth-order valence-electron chi connectivity index (χ4n) is 3.89. The third-order valence-electron chi connectivity index (χ3n) is 5.18. The molecule has 21 heavy (non-hydrogen) atoms. The minimum atomic E-state index is 0.179. The number of pyridine rings is 1. The number of nitrogens with one attached hydrogen (secondary N) is 1. The van der Waals surface area contributed by atoms with Gasteiger partial charge in [-0.1, -0.05) is 25.3 Å². The van der Waals surface area contributed by atoms with Gasteiger partial charge in [-0.2, -0.15) is 0 Å². The minimum absolute atomic E-state index is 0.179. The van der Waals surface area contributed by atoms with Gasteiger partial charge < -0.3 is 10.7 Å². The zero-order valence-corrected chi connectivity index (χ0v) is 12.2. The second kappa shape index (κ2) is 4.85. The molecule has 3 nitrogen and oxygen atoms in total. The van der Waals surface area contributed by atoms with Crippen LogP contribution in [0, 0.1) is 0 Å². The van der Waals surface area contributed by atoms with Gasteiger partial charge >= 0.3 is 0 Å². The van der Waals surface area contributed by atoms with Crippen molar-refractivity contribution >= 4 is 21.9 Å². The number of nitrogens with zero attached hydrogens (tertiary/aromatic N) is 1. The molecule has 3 heteroatoms. The summed E-state index contributed by atoms with van der Waals surface area (Å²) in [4.78, 5) is 7.81. The van der Waals surface area contributed by atoms with Crippen molar-refractivity contribution in [1.29, 1.82) is 0 Å². The van der Waals surface area contributed by atoms with Gasteiger partial charge in [-0.05, 0) is 42.7 Å². The fourth-order valence-corrected chi connectivity index (χ4v) is 3.89. The van der Waals surface area contributed by atoms with E-state index in [1.54, 1.807) is 0 Å². The normalized spacial score (nSPS) is 18.3. The lowest BCUT2D eigenvalue weighted by atomic mass is 9.69. The van der Waals surface area contributed by atoms with Gasteiger partial charge in [0, 0.05) is 34.4 Å². The Labute approximate surface area is 124 Å². The van der Waals surface area contributed by atoms with Crippen LogP contribution in [-0.2, 0) is 5.41 Å². The highest BCUT2D eigenvalue weighted by Gasteiger charge is 2.32. The number of hydrogen-bond acceptors (Lipinski definition) is 2. The molecule has 0 aliphatic heterocycles. The van der Waals surface area contributed by atoms with Gasteiger partial charge in [0.2, 0.25) is 0 Å². The minimum Gasteiger partial charge on any atom is -0.339 e. The van der Waals surface area contributed by atoms with Crippen LogP contribution in [0.1, 0.15) is 37.7 Å². The molecule has 3 aromatic rings. The number of H-pyrrole nitrogens is 1. The fraction of sp³-hybridized carbons (Fsp3) is 0.389. The first kappa shape index (κ1) is 12.8. The molecule has 0 atom stereocenters. The Morgan fingerprint density at radius 2 is 1.95 bits per heavy atom. The Bertz CT molecular complexity index is 781. The molecule has 1 aromatic carbocycles. The lowest BCUT2D eigenvalue weighted by molar-refractivity contribution is 0.301. The maximum absolute atomic E-state index is 6.18. The van der Waals surface area contributed by atoms with Crippen LogP contribution in [0.4, 0.5) is 0 Å². The second-order valence-electron chi connectivity index (χ2n) is 6.33. The first-order valence-corrected chi connectivity index (χ1v) is 7.89. The molecule has 1 saturated carbocycles. The largest absolute Gasteiger partial charge is 0.339 e. The highest BCUT2D eigenvalue weighted by atomic mass is 14.8. The van der Waals surface area contributed by atoms with Gasteiger partial charge in [0.1, 0.15) is 5.65 Å². The number of benzene rings is 1. The smallest absolute Gasteiger partial charge is 0.138 e. The standard InChI is InChI=1S/C18H21N3/c19-12-18(8-2-1-3-9-18)13-6-7-16-15(11-13)14-5-4-10-20-17(14)21-16/h4-7,10-11H,1-3,8-9,12,19H2,(H,20,21). The second-order valence-corrected chi connectivity index (χ2v) is 6.33. The number of aromatic amines is 1. The van der Waals surface area contributed by atoms with E-state index in [2.05, 4.69) is 34.2 Å². The third kappa shape index (κ3) is 1.95. The number of fused-ring (bicyclic) bond motifs is 3. The van der Waals surface area contributed by atoms with Crippen molar-refractivity contribution in [3.63, 3.8) is 0 Å². The Morgan fingerprint density at radius 3 is 2.76 bits per heavy atom. The molecule has 0 saturated heterocycles. The molecule has 2 heterocycles. The van der Waals surface area contributed by atoms with E-state index in [9.17, 15) is 0 Å². The number of aromatic nitrogens is 2. The van der Waals surface area contributed by atoms with Crippen molar-refractivity contribution in [3.05, 3.63) is 42.1 Å². The van der Waals surface area contributed by atoms with Gasteiger partial charge in [0.05, 0.1) is 0 Å². The molecule has 0 unspecified atom stereocenters. The van der Waals surface area contributed by atoms with Crippen molar-refractivity contribution in [3.8, 4) is 0 Å². The van der Waals surface area contributed by atoms with Gasteiger partial charge in [-0.3, -0.25) is 0 Å². The zero-order valence-electron chi connectivity index (χ0n) is 12.2. The summed E-state index contributed by atoms with van der Waals surface area (Å²) in [7, 11) is 0. The Kier molecular flexibility index (Phi) is 2.96. The molecule has 3 N–H and O–H groups in total. The van der Waals surface area contributed by atoms with E-state index < -0.39 is 0 Å². The highest BCUT2D eigenvalue weighted by Crippen LogP contribution is 2.40. The molecular weight excluding hydrogens is 258 g/mol. The van der Waals surface area contributed by atoms with Crippen LogP contribution in [0.25, 0.3) is 21.9 Å². The summed E-state index contributed by atoms with van der Waals surface area (Å²) in [6, 6.07) is 10.9. The number of hydrogen-bond donors (Lipinski definition) is 2. The number of rotatable bonds is 2. The molecule has 0 bridgehead atoms. The van der Waals surface area contributed by atoms with Crippen LogP contribution in [0.2, 0.25) is 0 Å².